The quantitative estimate of drug-likeness (QED) is 0.381. The monoisotopic (exact) mass is 567 g/mol. The Bertz CT molecular complexity index is 1480. The van der Waals surface area contributed by atoms with Gasteiger partial charge in [0.25, 0.3) is 10.0 Å². The van der Waals surface area contributed by atoms with Crippen LogP contribution in [-0.2, 0) is 26.2 Å². The van der Waals surface area contributed by atoms with Gasteiger partial charge in [-0.3, -0.25) is 13.9 Å². The first-order valence-electron chi connectivity index (χ1n) is 13.1. The van der Waals surface area contributed by atoms with Crippen molar-refractivity contribution in [1.29, 1.82) is 0 Å². The van der Waals surface area contributed by atoms with Crippen molar-refractivity contribution < 1.29 is 22.4 Å². The Morgan fingerprint density at radius 1 is 0.925 bits per heavy atom. The Balaban J connectivity index is 2.09. The van der Waals surface area contributed by atoms with Gasteiger partial charge >= 0.3 is 0 Å². The minimum absolute atomic E-state index is 0.0333. The van der Waals surface area contributed by atoms with Gasteiger partial charge in [-0.15, -0.1) is 0 Å². The Kier molecular flexibility index (Phi) is 9.40. The normalized spacial score (nSPS) is 12.5. The smallest absolute Gasteiger partial charge is 0.264 e. The second-order valence-electron chi connectivity index (χ2n) is 11.1. The number of benzene rings is 3. The molecule has 7 nitrogen and oxygen atoms in total. The van der Waals surface area contributed by atoms with Crippen LogP contribution < -0.4 is 9.62 Å². The number of hydrogen-bond donors (Lipinski definition) is 1. The van der Waals surface area contributed by atoms with Crippen molar-refractivity contribution in [2.45, 2.75) is 71.5 Å². The Hall–Kier alpha value is -3.72. The van der Waals surface area contributed by atoms with Crippen molar-refractivity contribution in [2.24, 2.45) is 0 Å². The summed E-state index contributed by atoms with van der Waals surface area (Å²) < 4.78 is 43.7. The average Bonchev–Trinajstić information content (AvgIpc) is 2.87. The highest BCUT2D eigenvalue weighted by molar-refractivity contribution is 7.92. The molecule has 0 radical (unpaired) electrons. The molecule has 0 aliphatic heterocycles. The zero-order chi connectivity index (χ0) is 29.8. The molecule has 3 rings (SSSR count). The van der Waals surface area contributed by atoms with Crippen LogP contribution in [0.15, 0.2) is 71.6 Å². The summed E-state index contributed by atoms with van der Waals surface area (Å²) in [5, 5.41) is 2.86. The van der Waals surface area contributed by atoms with E-state index in [1.54, 1.807) is 44.2 Å². The SMILES string of the molecule is Cc1ccc(S(=O)(=O)N(CC(=O)N(Cc2ccccc2F)C(C)C(=O)NC(C)(C)C)c2cc(C)ccc2C)cc1. The number of hydrogen-bond acceptors (Lipinski definition) is 4. The number of nitrogens with zero attached hydrogens (tertiary/aromatic N) is 2. The third-order valence-corrected chi connectivity index (χ3v) is 8.26. The lowest BCUT2D eigenvalue weighted by Gasteiger charge is -2.34. The predicted octanol–water partition coefficient (Wildman–Crippen LogP) is 5.28. The highest BCUT2D eigenvalue weighted by Crippen LogP contribution is 2.29. The third-order valence-electron chi connectivity index (χ3n) is 6.49. The molecule has 0 bridgehead atoms. The van der Waals surface area contributed by atoms with E-state index in [1.807, 2.05) is 40.7 Å². The fourth-order valence-corrected chi connectivity index (χ4v) is 5.68. The van der Waals surface area contributed by atoms with E-state index in [0.29, 0.717) is 11.3 Å². The van der Waals surface area contributed by atoms with Gasteiger partial charge in [-0.25, -0.2) is 12.8 Å². The van der Waals surface area contributed by atoms with Gasteiger partial charge in [-0.05, 0) is 83.9 Å². The molecule has 1 unspecified atom stereocenters. The molecule has 0 aliphatic carbocycles. The van der Waals surface area contributed by atoms with Crippen LogP contribution in [0.4, 0.5) is 10.1 Å². The van der Waals surface area contributed by atoms with Crippen LogP contribution in [-0.4, -0.2) is 43.3 Å². The lowest BCUT2D eigenvalue weighted by Crippen LogP contribution is -2.54. The van der Waals surface area contributed by atoms with Gasteiger partial charge < -0.3 is 10.2 Å². The molecule has 1 atom stereocenters. The highest BCUT2D eigenvalue weighted by Gasteiger charge is 2.34. The van der Waals surface area contributed by atoms with Crippen molar-refractivity contribution in [1.82, 2.24) is 10.2 Å². The second kappa shape index (κ2) is 12.2. The third kappa shape index (κ3) is 7.47. The lowest BCUT2D eigenvalue weighted by atomic mass is 10.1. The molecule has 0 spiro atoms. The van der Waals surface area contributed by atoms with Gasteiger partial charge in [0.1, 0.15) is 18.4 Å². The maximum absolute atomic E-state index is 14.7. The van der Waals surface area contributed by atoms with Crippen LogP contribution >= 0.6 is 0 Å². The average molecular weight is 568 g/mol. The van der Waals surface area contributed by atoms with Crippen LogP contribution in [0.5, 0.6) is 0 Å². The van der Waals surface area contributed by atoms with E-state index >= 15 is 0 Å². The molecule has 0 aromatic heterocycles. The largest absolute Gasteiger partial charge is 0.350 e. The number of carbonyl (C=O) groups is 2. The van der Waals surface area contributed by atoms with Gasteiger partial charge in [0, 0.05) is 17.6 Å². The standard InChI is InChI=1S/C31H38FN3O4S/c1-21-13-16-26(17-14-21)40(38,39)35(28-18-22(2)12-15-23(28)3)20-29(36)34(19-25-10-8-9-11-27(25)32)24(4)30(37)33-31(5,6)7/h8-18,24H,19-20H2,1-7H3,(H,33,37). The van der Waals surface area contributed by atoms with E-state index in [0.717, 1.165) is 15.4 Å². The van der Waals surface area contributed by atoms with Crippen molar-refractivity contribution in [3.05, 3.63) is 94.8 Å². The zero-order valence-corrected chi connectivity index (χ0v) is 25.0. The van der Waals surface area contributed by atoms with Gasteiger partial charge in [0.2, 0.25) is 11.8 Å². The van der Waals surface area contributed by atoms with Crippen LogP contribution in [0.25, 0.3) is 0 Å². The lowest BCUT2D eigenvalue weighted by molar-refractivity contribution is -0.140. The minimum Gasteiger partial charge on any atom is -0.350 e. The summed E-state index contributed by atoms with van der Waals surface area (Å²) in [5.41, 5.74) is 2.37. The van der Waals surface area contributed by atoms with E-state index in [9.17, 15) is 22.4 Å². The maximum Gasteiger partial charge on any atom is 0.264 e. The van der Waals surface area contributed by atoms with Crippen molar-refractivity contribution in [3.63, 3.8) is 0 Å². The summed E-state index contributed by atoms with van der Waals surface area (Å²) in [4.78, 5) is 28.4. The summed E-state index contributed by atoms with van der Waals surface area (Å²) in [6, 6.07) is 16.8. The van der Waals surface area contributed by atoms with E-state index < -0.39 is 45.8 Å². The molecule has 1 N–H and O–H groups in total. The van der Waals surface area contributed by atoms with Gasteiger partial charge in [0.05, 0.1) is 10.6 Å². The second-order valence-corrected chi connectivity index (χ2v) is 13.0. The van der Waals surface area contributed by atoms with Gasteiger partial charge in [0.15, 0.2) is 0 Å². The van der Waals surface area contributed by atoms with Crippen LogP contribution in [0.2, 0.25) is 0 Å². The molecule has 9 heteroatoms. The van der Waals surface area contributed by atoms with E-state index in [4.69, 9.17) is 0 Å². The number of halogens is 1. The van der Waals surface area contributed by atoms with E-state index in [2.05, 4.69) is 5.32 Å². The van der Waals surface area contributed by atoms with Crippen LogP contribution in [0.3, 0.4) is 0 Å². The van der Waals surface area contributed by atoms with Crippen molar-refractivity contribution >= 4 is 27.5 Å². The molecule has 2 amide bonds. The molecule has 214 valence electrons. The number of rotatable bonds is 9. The summed E-state index contributed by atoms with van der Waals surface area (Å²) in [7, 11) is -4.18. The molecular formula is C31H38FN3O4S. The highest BCUT2D eigenvalue weighted by atomic mass is 32.2. The number of anilines is 1. The zero-order valence-electron chi connectivity index (χ0n) is 24.2. The first-order valence-corrected chi connectivity index (χ1v) is 14.6. The fourth-order valence-electron chi connectivity index (χ4n) is 4.21. The van der Waals surface area contributed by atoms with Gasteiger partial charge in [-0.2, -0.15) is 0 Å². The molecule has 40 heavy (non-hydrogen) atoms. The Labute approximate surface area is 237 Å². The van der Waals surface area contributed by atoms with E-state index in [1.165, 1.54) is 35.2 Å². The number of nitrogens with one attached hydrogen (secondary N) is 1. The number of amides is 2. The van der Waals surface area contributed by atoms with Crippen LogP contribution in [0, 0.1) is 26.6 Å². The molecule has 0 saturated carbocycles. The molecule has 0 fully saturated rings. The maximum atomic E-state index is 14.7. The predicted molar refractivity (Wildman–Crippen MR) is 156 cm³/mol. The van der Waals surface area contributed by atoms with Crippen molar-refractivity contribution in [2.75, 3.05) is 10.8 Å². The summed E-state index contributed by atoms with van der Waals surface area (Å²) >= 11 is 0. The molecule has 0 aliphatic rings. The first-order chi connectivity index (χ1) is 18.6. The number of aryl methyl sites for hydroxylation is 3. The number of sulfonamides is 1. The summed E-state index contributed by atoms with van der Waals surface area (Å²) in [5.74, 6) is -1.60. The molecule has 3 aromatic carbocycles. The Morgan fingerprint density at radius 2 is 1.52 bits per heavy atom. The van der Waals surface area contributed by atoms with Gasteiger partial charge in [-0.1, -0.05) is 48.0 Å². The Morgan fingerprint density at radius 3 is 2.12 bits per heavy atom. The fraction of sp³-hybridized carbons (Fsp3) is 0.355. The summed E-state index contributed by atoms with van der Waals surface area (Å²) in [6.07, 6.45) is 0. The topological polar surface area (TPSA) is 86.8 Å². The molecular weight excluding hydrogens is 529 g/mol. The van der Waals surface area contributed by atoms with E-state index in [-0.39, 0.29) is 17.0 Å². The first kappa shape index (κ1) is 30.8. The minimum atomic E-state index is -4.18. The molecule has 0 saturated heterocycles. The number of carbonyl (C=O) groups excluding carboxylic acids is 2. The summed E-state index contributed by atoms with van der Waals surface area (Å²) in [6.45, 7) is 11.7. The van der Waals surface area contributed by atoms with Crippen LogP contribution in [0.1, 0.15) is 49.9 Å². The molecule has 3 aromatic rings. The molecule has 0 heterocycles. The van der Waals surface area contributed by atoms with Crippen molar-refractivity contribution in [3.8, 4) is 0 Å².